The average molecular weight is 331 g/mol. The fourth-order valence-corrected chi connectivity index (χ4v) is 2.03. The summed E-state index contributed by atoms with van der Waals surface area (Å²) < 4.78 is 10.7. The predicted octanol–water partition coefficient (Wildman–Crippen LogP) is 3.33. The fraction of sp³-hybridized carbons (Fsp3) is 0.333. The lowest BCUT2D eigenvalue weighted by atomic mass is 10.1. The maximum Gasteiger partial charge on any atom is 0.338 e. The molecular formula is C18H21NO5. The van der Waals surface area contributed by atoms with Crippen LogP contribution in [0.3, 0.4) is 0 Å². The van der Waals surface area contributed by atoms with E-state index < -0.39 is 11.9 Å². The smallest absolute Gasteiger partial charge is 0.338 e. The van der Waals surface area contributed by atoms with Crippen LogP contribution in [0.1, 0.15) is 46.7 Å². The summed E-state index contributed by atoms with van der Waals surface area (Å²) in [6.07, 6.45) is 1.99. The highest BCUT2D eigenvalue weighted by Crippen LogP contribution is 2.19. The number of carbonyl (C=O) groups excluding carboxylic acids is 1. The van der Waals surface area contributed by atoms with Gasteiger partial charge in [0, 0.05) is 18.2 Å². The van der Waals surface area contributed by atoms with Gasteiger partial charge in [0.1, 0.15) is 12.0 Å². The molecule has 1 amide bonds. The third-order valence-corrected chi connectivity index (χ3v) is 3.43. The molecule has 1 heterocycles. The van der Waals surface area contributed by atoms with Gasteiger partial charge in [-0.1, -0.05) is 32.0 Å². The lowest BCUT2D eigenvalue weighted by molar-refractivity contribution is 0.0695. The van der Waals surface area contributed by atoms with Crippen LogP contribution in [-0.4, -0.2) is 23.6 Å². The van der Waals surface area contributed by atoms with Crippen LogP contribution in [0.5, 0.6) is 5.75 Å². The predicted molar refractivity (Wildman–Crippen MR) is 88.2 cm³/mol. The van der Waals surface area contributed by atoms with E-state index in [0.29, 0.717) is 12.5 Å². The summed E-state index contributed by atoms with van der Waals surface area (Å²) in [5, 5.41) is 11.5. The molecular weight excluding hydrogens is 310 g/mol. The van der Waals surface area contributed by atoms with Crippen LogP contribution in [0.15, 0.2) is 41.0 Å². The van der Waals surface area contributed by atoms with E-state index in [-0.39, 0.29) is 17.9 Å². The molecule has 0 fully saturated rings. The molecule has 2 rings (SSSR count). The molecule has 0 spiro atoms. The van der Waals surface area contributed by atoms with Crippen molar-refractivity contribution in [3.63, 3.8) is 0 Å². The molecule has 128 valence electrons. The Labute approximate surface area is 140 Å². The number of hydrogen-bond donors (Lipinski definition) is 2. The molecule has 0 aliphatic heterocycles. The van der Waals surface area contributed by atoms with Crippen LogP contribution in [0, 0.1) is 5.92 Å². The van der Waals surface area contributed by atoms with Crippen LogP contribution in [0.4, 0.5) is 0 Å². The number of nitrogens with one attached hydrogen (secondary N) is 1. The topological polar surface area (TPSA) is 88.8 Å². The number of rotatable bonds is 8. The zero-order chi connectivity index (χ0) is 17.5. The Bertz CT molecular complexity index is 705. The van der Waals surface area contributed by atoms with Crippen molar-refractivity contribution in [2.45, 2.75) is 26.8 Å². The number of aromatic carboxylic acids is 1. The third-order valence-electron chi connectivity index (χ3n) is 3.43. The van der Waals surface area contributed by atoms with E-state index in [2.05, 4.69) is 19.2 Å². The van der Waals surface area contributed by atoms with Gasteiger partial charge in [-0.2, -0.15) is 0 Å². The zero-order valence-corrected chi connectivity index (χ0v) is 13.7. The molecule has 6 nitrogen and oxygen atoms in total. The van der Waals surface area contributed by atoms with Crippen molar-refractivity contribution in [2.75, 3.05) is 6.61 Å². The van der Waals surface area contributed by atoms with Crippen LogP contribution in [0.2, 0.25) is 0 Å². The van der Waals surface area contributed by atoms with Gasteiger partial charge in [-0.15, -0.1) is 0 Å². The molecule has 0 unspecified atom stereocenters. The summed E-state index contributed by atoms with van der Waals surface area (Å²) >= 11 is 0. The van der Waals surface area contributed by atoms with Crippen molar-refractivity contribution in [1.82, 2.24) is 5.32 Å². The molecule has 0 saturated carbocycles. The molecule has 0 aliphatic carbocycles. The molecule has 6 heteroatoms. The summed E-state index contributed by atoms with van der Waals surface area (Å²) in [7, 11) is 0. The standard InChI is InChI=1S/C18H21NO5/c1-12(2)7-8-23-15-6-4-3-5-13(15)10-19-17(20)16-9-14(11-24-16)18(21)22/h3-6,9,11-12H,7-8,10H2,1-2H3,(H,19,20)(H,21,22). The summed E-state index contributed by atoms with van der Waals surface area (Å²) in [6, 6.07) is 8.67. The van der Waals surface area contributed by atoms with E-state index >= 15 is 0 Å². The van der Waals surface area contributed by atoms with Crippen LogP contribution in [0.25, 0.3) is 0 Å². The van der Waals surface area contributed by atoms with Gasteiger partial charge in [-0.25, -0.2) is 4.79 Å². The molecule has 1 aromatic heterocycles. The Morgan fingerprint density at radius 2 is 2.04 bits per heavy atom. The molecule has 0 saturated heterocycles. The normalized spacial score (nSPS) is 10.6. The van der Waals surface area contributed by atoms with Gasteiger partial charge in [0.25, 0.3) is 5.91 Å². The van der Waals surface area contributed by atoms with Gasteiger partial charge < -0.3 is 19.6 Å². The van der Waals surface area contributed by atoms with Gasteiger partial charge in [-0.3, -0.25) is 4.79 Å². The zero-order valence-electron chi connectivity index (χ0n) is 13.7. The highest BCUT2D eigenvalue weighted by atomic mass is 16.5. The minimum Gasteiger partial charge on any atom is -0.493 e. The lowest BCUT2D eigenvalue weighted by Gasteiger charge is -2.12. The van der Waals surface area contributed by atoms with Gasteiger partial charge in [-0.05, 0) is 18.4 Å². The number of carboxylic acids is 1. The van der Waals surface area contributed by atoms with Crippen LogP contribution in [-0.2, 0) is 6.54 Å². The van der Waals surface area contributed by atoms with Gasteiger partial charge in [0.05, 0.1) is 12.2 Å². The molecule has 2 N–H and O–H groups in total. The summed E-state index contributed by atoms with van der Waals surface area (Å²) in [5.41, 5.74) is 0.789. The Balaban J connectivity index is 1.95. The third kappa shape index (κ3) is 4.87. The van der Waals surface area contributed by atoms with Crippen molar-refractivity contribution < 1.29 is 23.8 Å². The molecule has 1 aromatic carbocycles. The number of carbonyl (C=O) groups is 2. The largest absolute Gasteiger partial charge is 0.493 e. The number of furan rings is 1. The fourth-order valence-electron chi connectivity index (χ4n) is 2.03. The number of carboxylic acid groups (broad SMARTS) is 1. The van der Waals surface area contributed by atoms with E-state index in [0.717, 1.165) is 24.0 Å². The van der Waals surface area contributed by atoms with Gasteiger partial charge in [0.15, 0.2) is 5.76 Å². The SMILES string of the molecule is CC(C)CCOc1ccccc1CNC(=O)c1cc(C(=O)O)co1. The first-order valence-corrected chi connectivity index (χ1v) is 7.78. The second-order valence-corrected chi connectivity index (χ2v) is 5.83. The second-order valence-electron chi connectivity index (χ2n) is 5.83. The molecule has 0 radical (unpaired) electrons. The van der Waals surface area contributed by atoms with Crippen molar-refractivity contribution in [3.8, 4) is 5.75 Å². The van der Waals surface area contributed by atoms with Crippen molar-refractivity contribution in [2.24, 2.45) is 5.92 Å². The van der Waals surface area contributed by atoms with Crippen LogP contribution >= 0.6 is 0 Å². The van der Waals surface area contributed by atoms with E-state index in [1.165, 1.54) is 6.07 Å². The molecule has 2 aromatic rings. The van der Waals surface area contributed by atoms with Gasteiger partial charge >= 0.3 is 5.97 Å². The molecule has 24 heavy (non-hydrogen) atoms. The summed E-state index contributed by atoms with van der Waals surface area (Å²) in [4.78, 5) is 22.8. The monoisotopic (exact) mass is 331 g/mol. The van der Waals surface area contributed by atoms with Crippen molar-refractivity contribution in [1.29, 1.82) is 0 Å². The highest BCUT2D eigenvalue weighted by Gasteiger charge is 2.15. The molecule has 0 atom stereocenters. The average Bonchev–Trinajstić information content (AvgIpc) is 3.03. The lowest BCUT2D eigenvalue weighted by Crippen LogP contribution is -2.22. The maximum atomic E-state index is 12.0. The minimum atomic E-state index is -1.14. The number of hydrogen-bond acceptors (Lipinski definition) is 4. The number of amides is 1. The summed E-state index contributed by atoms with van der Waals surface area (Å²) in [5.74, 6) is -0.366. The quantitative estimate of drug-likeness (QED) is 0.774. The van der Waals surface area contributed by atoms with E-state index in [4.69, 9.17) is 14.3 Å². The Morgan fingerprint density at radius 1 is 1.29 bits per heavy atom. The number of benzene rings is 1. The van der Waals surface area contributed by atoms with E-state index in [1.807, 2.05) is 24.3 Å². The van der Waals surface area contributed by atoms with E-state index in [1.54, 1.807) is 0 Å². The molecule has 0 bridgehead atoms. The minimum absolute atomic E-state index is 0.0365. The number of ether oxygens (including phenoxy) is 1. The molecule has 0 aliphatic rings. The first-order chi connectivity index (χ1) is 11.5. The van der Waals surface area contributed by atoms with Gasteiger partial charge in [0.2, 0.25) is 0 Å². The Hall–Kier alpha value is -2.76. The second kappa shape index (κ2) is 8.19. The Kier molecular flexibility index (Phi) is 6.01. The Morgan fingerprint density at radius 3 is 2.71 bits per heavy atom. The highest BCUT2D eigenvalue weighted by molar-refractivity contribution is 5.95. The van der Waals surface area contributed by atoms with E-state index in [9.17, 15) is 9.59 Å². The summed E-state index contributed by atoms with van der Waals surface area (Å²) in [6.45, 7) is 5.14. The maximum absolute atomic E-state index is 12.0. The van der Waals surface area contributed by atoms with Crippen LogP contribution < -0.4 is 10.1 Å². The number of para-hydroxylation sites is 1. The van der Waals surface area contributed by atoms with Crippen molar-refractivity contribution >= 4 is 11.9 Å². The van der Waals surface area contributed by atoms with Crippen molar-refractivity contribution in [3.05, 3.63) is 53.5 Å². The first kappa shape index (κ1) is 17.6. The first-order valence-electron chi connectivity index (χ1n) is 7.78.